The highest BCUT2D eigenvalue weighted by atomic mass is 16.6. The molecule has 2 unspecified atom stereocenters. The lowest BCUT2D eigenvalue weighted by Crippen LogP contribution is -2.13. The van der Waals surface area contributed by atoms with E-state index in [2.05, 4.69) is 52.0 Å². The number of unbranched alkanes of at least 4 members (excludes halogenated alkanes) is 8. The summed E-state index contributed by atoms with van der Waals surface area (Å²) in [6.07, 6.45) is 14.1. The van der Waals surface area contributed by atoms with Gasteiger partial charge in [0.1, 0.15) is 46.0 Å². The van der Waals surface area contributed by atoms with Gasteiger partial charge in [-0.05, 0) is 86.3 Å². The van der Waals surface area contributed by atoms with E-state index >= 15 is 0 Å². The second-order valence-electron chi connectivity index (χ2n) is 23.5. The van der Waals surface area contributed by atoms with Gasteiger partial charge in [0.05, 0.1) is 33.1 Å². The Balaban J connectivity index is 1.15. The van der Waals surface area contributed by atoms with E-state index in [0.717, 1.165) is 117 Å². The molecule has 436 valence electrons. The van der Waals surface area contributed by atoms with Gasteiger partial charge in [0, 0.05) is 92.4 Å². The molecule has 0 spiro atoms. The highest BCUT2D eigenvalue weighted by Gasteiger charge is 2.38. The second-order valence-corrected chi connectivity index (χ2v) is 23.5. The van der Waals surface area contributed by atoms with Gasteiger partial charge in [0.25, 0.3) is 35.3 Å². The van der Waals surface area contributed by atoms with Crippen LogP contribution in [0.3, 0.4) is 0 Å². The van der Waals surface area contributed by atoms with Crippen molar-refractivity contribution in [2.24, 2.45) is 0 Å². The van der Waals surface area contributed by atoms with Crippen molar-refractivity contribution in [3.8, 4) is 81.3 Å². The Hall–Kier alpha value is -9.04. The molecule has 0 radical (unpaired) electrons. The average Bonchev–Trinajstić information content (AvgIpc) is 1.61. The fourth-order valence-corrected chi connectivity index (χ4v) is 13.4. The number of rotatable bonds is 16. The summed E-state index contributed by atoms with van der Waals surface area (Å²) in [5.41, 5.74) is 10.4. The van der Waals surface area contributed by atoms with Crippen molar-refractivity contribution < 1.29 is 38.6 Å². The Labute approximate surface area is 500 Å². The van der Waals surface area contributed by atoms with Crippen molar-refractivity contribution in [2.75, 3.05) is 0 Å². The minimum Gasteiger partial charge on any atom is -0.508 e. The number of phenols is 2. The summed E-state index contributed by atoms with van der Waals surface area (Å²) in [6.45, 7) is 8.86. The molecule has 6 heterocycles. The number of nitrogens with zero attached hydrogens (tertiary/aromatic N) is 6. The van der Waals surface area contributed by atoms with Crippen molar-refractivity contribution in [1.82, 2.24) is 29.9 Å². The van der Waals surface area contributed by atoms with Gasteiger partial charge >= 0.3 is 0 Å². The molecule has 4 aliphatic rings. The molecule has 14 heteroatoms. The molecule has 7 aromatic carbocycles. The lowest BCUT2D eigenvalue weighted by atomic mass is 9.76. The first-order chi connectivity index (χ1) is 42.2. The number of phenolic OH excluding ortho intramolecular Hbond substituents is 2. The molecule has 3 aromatic heterocycles. The molecule has 0 amide bonds. The molecule has 2 N–H and O–H groups in total. The van der Waals surface area contributed by atoms with Crippen LogP contribution in [0.1, 0.15) is 199 Å². The SMILES string of the molecule is CCCCCC1c2cc3c(cc2O)Oc2nc4ccccc4nc2Oc2cc4c(cc2[C@@H]3CCCCC)C(CCCCC)c2cc3c(cc2Oc2nc5ccccc5nc2O4)Oc2nc4ccccc4nc2Oc2cc(O)c1cc2[C@@H]3CCCCC. The maximum absolute atomic E-state index is 12.9. The third-order valence-electron chi connectivity index (χ3n) is 17.8. The monoisotopic (exact) mass is 1150 g/mol. The first-order valence-corrected chi connectivity index (χ1v) is 31.2. The van der Waals surface area contributed by atoms with Gasteiger partial charge in [-0.3, -0.25) is 0 Å². The van der Waals surface area contributed by atoms with Crippen molar-refractivity contribution in [2.45, 2.75) is 154 Å². The summed E-state index contributed by atoms with van der Waals surface area (Å²) in [5.74, 6) is 2.39. The minimum absolute atomic E-state index is 0.0335. The smallest absolute Gasteiger partial charge is 0.284 e. The van der Waals surface area contributed by atoms with E-state index in [1.807, 2.05) is 84.9 Å². The van der Waals surface area contributed by atoms with Crippen LogP contribution in [0.25, 0.3) is 33.1 Å². The molecule has 10 aromatic rings. The number of fused-ring (bicyclic) bond motifs is 8. The van der Waals surface area contributed by atoms with Crippen LogP contribution < -0.4 is 28.4 Å². The number of para-hydroxylation sites is 6. The maximum atomic E-state index is 12.9. The molecule has 0 saturated heterocycles. The van der Waals surface area contributed by atoms with E-state index in [1.165, 1.54) is 0 Å². The highest BCUT2D eigenvalue weighted by Crippen LogP contribution is 2.58. The van der Waals surface area contributed by atoms with Crippen LogP contribution >= 0.6 is 0 Å². The van der Waals surface area contributed by atoms with Crippen LogP contribution in [0.2, 0.25) is 0 Å². The van der Waals surface area contributed by atoms with Gasteiger partial charge in [-0.1, -0.05) is 141 Å². The van der Waals surface area contributed by atoms with Crippen molar-refractivity contribution >= 4 is 33.1 Å². The van der Waals surface area contributed by atoms with Crippen LogP contribution in [0.4, 0.5) is 0 Å². The van der Waals surface area contributed by atoms with E-state index in [1.54, 1.807) is 12.1 Å². The van der Waals surface area contributed by atoms with E-state index in [9.17, 15) is 10.2 Å². The van der Waals surface area contributed by atoms with Crippen molar-refractivity contribution in [3.63, 3.8) is 0 Å². The van der Waals surface area contributed by atoms with Crippen LogP contribution in [-0.2, 0) is 0 Å². The molecule has 0 saturated carbocycles. The standard InChI is InChI=1S/C72H70N6O8/c1-5-9-13-23-41-45-33-47-42(24-14-10-6-2)49-35-51-44(26-16-12-8-4)52-36-50-43(25-15-11-7-3)48-34-46(41)60(80)38-62(48)82-68-70(76-56-30-20-18-28-54(56)74-68)84-64(50)40-66(52)86-72-71(77-57-31-21-22-32-58(57)78-72)85-65(51)39-63(49)83-69-67(81-61(47)37-59(45)79)73-53-27-17-19-29-55(53)75-69/h17-22,27-44,79-80H,5-16,23-26H2,1-4H3/t41?,42-,43+,44?. The van der Waals surface area contributed by atoms with Crippen LogP contribution in [0.15, 0.2) is 121 Å². The number of ether oxygens (including phenoxy) is 6. The molecule has 0 fully saturated rings. The molecular weight excluding hydrogens is 1080 g/mol. The predicted molar refractivity (Wildman–Crippen MR) is 332 cm³/mol. The van der Waals surface area contributed by atoms with E-state index in [-0.39, 0.29) is 64.5 Å². The largest absolute Gasteiger partial charge is 0.508 e. The minimum atomic E-state index is -0.486. The van der Waals surface area contributed by atoms with E-state index < -0.39 is 5.92 Å². The van der Waals surface area contributed by atoms with E-state index in [0.29, 0.717) is 98.0 Å². The Morgan fingerprint density at radius 1 is 0.279 bits per heavy atom. The van der Waals surface area contributed by atoms with Gasteiger partial charge in [0.2, 0.25) is 0 Å². The van der Waals surface area contributed by atoms with Gasteiger partial charge in [0.15, 0.2) is 0 Å². The van der Waals surface area contributed by atoms with Gasteiger partial charge in [-0.15, -0.1) is 0 Å². The second kappa shape index (κ2) is 23.4. The van der Waals surface area contributed by atoms with Crippen molar-refractivity contribution in [1.29, 1.82) is 0 Å². The van der Waals surface area contributed by atoms with Gasteiger partial charge in [-0.2, -0.15) is 0 Å². The fraction of sp³-hybridized carbons (Fsp3) is 0.333. The van der Waals surface area contributed by atoms with E-state index in [4.69, 9.17) is 58.3 Å². The molecule has 86 heavy (non-hydrogen) atoms. The topological polar surface area (TPSA) is 173 Å². The number of hydrogen-bond acceptors (Lipinski definition) is 14. The van der Waals surface area contributed by atoms with Crippen LogP contribution in [0, 0.1) is 0 Å². The van der Waals surface area contributed by atoms with Crippen LogP contribution in [0.5, 0.6) is 81.3 Å². The Kier molecular flexibility index (Phi) is 15.0. The third kappa shape index (κ3) is 10.3. The Bertz CT molecular complexity index is 3990. The molecule has 14 rings (SSSR count). The van der Waals surface area contributed by atoms with Crippen molar-refractivity contribution in [3.05, 3.63) is 166 Å². The zero-order chi connectivity index (χ0) is 58.4. The summed E-state index contributed by atoms with van der Waals surface area (Å²) >= 11 is 0. The van der Waals surface area contributed by atoms with Crippen LogP contribution in [-0.4, -0.2) is 40.1 Å². The summed E-state index contributed by atoms with van der Waals surface area (Å²) < 4.78 is 43.3. The first-order valence-electron chi connectivity index (χ1n) is 31.2. The summed E-state index contributed by atoms with van der Waals surface area (Å²) in [4.78, 5) is 30.8. The first kappa shape index (κ1) is 54.9. The summed E-state index contributed by atoms with van der Waals surface area (Å²) in [5, 5.41) is 25.8. The summed E-state index contributed by atoms with van der Waals surface area (Å²) in [6, 6.07) is 39.4. The molecular formula is C72H70N6O8. The zero-order valence-corrected chi connectivity index (χ0v) is 49.2. The average molecular weight is 1150 g/mol. The number of benzene rings is 7. The van der Waals surface area contributed by atoms with Gasteiger partial charge < -0.3 is 38.6 Å². The normalized spacial score (nSPS) is 16.8. The van der Waals surface area contributed by atoms with Gasteiger partial charge in [-0.25, -0.2) is 29.9 Å². The summed E-state index contributed by atoms with van der Waals surface area (Å²) in [7, 11) is 0. The molecule has 14 nitrogen and oxygen atoms in total. The predicted octanol–water partition coefficient (Wildman–Crippen LogP) is 19.8. The Morgan fingerprint density at radius 2 is 0.488 bits per heavy atom. The number of aromatic hydroxyl groups is 2. The molecule has 8 bridgehead atoms. The lowest BCUT2D eigenvalue weighted by Gasteiger charge is -2.30. The quantitative estimate of drug-likeness (QED) is 0.0875. The molecule has 1 aliphatic carbocycles. The highest BCUT2D eigenvalue weighted by molar-refractivity contribution is 5.78. The third-order valence-corrected chi connectivity index (χ3v) is 17.8. The molecule has 4 atom stereocenters. The molecule has 3 aliphatic heterocycles. The fourth-order valence-electron chi connectivity index (χ4n) is 13.4. The Morgan fingerprint density at radius 3 is 0.721 bits per heavy atom. The maximum Gasteiger partial charge on any atom is 0.284 e. The zero-order valence-electron chi connectivity index (χ0n) is 49.2. The number of aromatic nitrogens is 6. The lowest BCUT2D eigenvalue weighted by molar-refractivity contribution is 0.381. The number of hydrogen-bond donors (Lipinski definition) is 2.